The number of carbonyl (C=O) groups is 3. The molecular formula is C47H72O6. The van der Waals surface area contributed by atoms with E-state index in [9.17, 15) is 14.4 Å². The van der Waals surface area contributed by atoms with E-state index >= 15 is 0 Å². The normalized spacial score (nSPS) is 13.2. The standard InChI is InChI=1S/C47H72O6/c1-4-7-10-13-16-19-21-22-23-24-26-28-31-34-37-40-46(49)52-43-44(42-51-45(48)39-36-33-30-27-18-15-12-9-6-3)53-47(50)41-38-35-32-29-25-20-17-14-11-8-5-2/h7,9-10,12-14,16-23,25,27,33,36,44H,4-6,8,11,15,24,26,28-32,34-35,37-43H2,1-3H3/b10-7-,12-9-,16-13-,17-14-,21-19-,23-22-,25-20-,27-18-,36-33-. The Bertz CT molecular complexity index is 1160. The fourth-order valence-electron chi connectivity index (χ4n) is 4.84. The van der Waals surface area contributed by atoms with E-state index in [1.165, 1.54) is 12.8 Å². The van der Waals surface area contributed by atoms with Crippen LogP contribution in [0.1, 0.15) is 149 Å². The number of rotatable bonds is 34. The zero-order valence-electron chi connectivity index (χ0n) is 33.5. The molecule has 0 saturated carbocycles. The van der Waals surface area contributed by atoms with Crippen molar-refractivity contribution in [3.8, 4) is 0 Å². The highest BCUT2D eigenvalue weighted by Crippen LogP contribution is 2.11. The predicted octanol–water partition coefficient (Wildman–Crippen LogP) is 12.9. The Balaban J connectivity index is 4.55. The average Bonchev–Trinajstić information content (AvgIpc) is 3.15. The minimum Gasteiger partial charge on any atom is -0.462 e. The summed E-state index contributed by atoms with van der Waals surface area (Å²) in [6, 6.07) is 0. The van der Waals surface area contributed by atoms with Crippen LogP contribution in [0.5, 0.6) is 0 Å². The van der Waals surface area contributed by atoms with Gasteiger partial charge in [-0.2, -0.15) is 0 Å². The highest BCUT2D eigenvalue weighted by atomic mass is 16.6. The first-order valence-corrected chi connectivity index (χ1v) is 20.5. The van der Waals surface area contributed by atoms with Gasteiger partial charge in [-0.15, -0.1) is 0 Å². The van der Waals surface area contributed by atoms with Gasteiger partial charge in [0.2, 0.25) is 0 Å². The van der Waals surface area contributed by atoms with Gasteiger partial charge in [0, 0.05) is 12.8 Å². The van der Waals surface area contributed by atoms with Gasteiger partial charge < -0.3 is 14.2 Å². The summed E-state index contributed by atoms with van der Waals surface area (Å²) < 4.78 is 16.5. The summed E-state index contributed by atoms with van der Waals surface area (Å²) in [6.07, 6.45) is 53.9. The Hall–Kier alpha value is -3.93. The Morgan fingerprint density at radius 1 is 0.434 bits per heavy atom. The van der Waals surface area contributed by atoms with Crippen molar-refractivity contribution in [2.45, 2.75) is 155 Å². The van der Waals surface area contributed by atoms with Gasteiger partial charge in [0.1, 0.15) is 13.2 Å². The number of carbonyl (C=O) groups excluding carboxylic acids is 3. The lowest BCUT2D eigenvalue weighted by atomic mass is 10.1. The zero-order valence-corrected chi connectivity index (χ0v) is 33.5. The van der Waals surface area contributed by atoms with E-state index in [2.05, 4.69) is 93.7 Å². The fourth-order valence-corrected chi connectivity index (χ4v) is 4.84. The van der Waals surface area contributed by atoms with E-state index in [0.717, 1.165) is 89.9 Å². The van der Waals surface area contributed by atoms with Gasteiger partial charge in [0.05, 0.1) is 6.42 Å². The van der Waals surface area contributed by atoms with Gasteiger partial charge in [-0.25, -0.2) is 0 Å². The maximum atomic E-state index is 12.6. The summed E-state index contributed by atoms with van der Waals surface area (Å²) in [5.74, 6) is -1.13. The van der Waals surface area contributed by atoms with Crippen molar-refractivity contribution in [3.05, 3.63) is 109 Å². The van der Waals surface area contributed by atoms with Crippen LogP contribution in [0, 0.1) is 0 Å². The molecule has 0 aliphatic carbocycles. The molecule has 0 aromatic heterocycles. The summed E-state index contributed by atoms with van der Waals surface area (Å²) in [6.45, 7) is 6.13. The Morgan fingerprint density at radius 3 is 1.51 bits per heavy atom. The molecule has 0 amide bonds. The van der Waals surface area contributed by atoms with Crippen molar-refractivity contribution in [3.63, 3.8) is 0 Å². The first-order chi connectivity index (χ1) is 26.0. The van der Waals surface area contributed by atoms with Gasteiger partial charge in [0.25, 0.3) is 0 Å². The first kappa shape index (κ1) is 49.1. The van der Waals surface area contributed by atoms with Crippen LogP contribution >= 0.6 is 0 Å². The molecule has 296 valence electrons. The molecule has 0 fully saturated rings. The zero-order chi connectivity index (χ0) is 38.7. The molecule has 6 nitrogen and oxygen atoms in total. The monoisotopic (exact) mass is 733 g/mol. The van der Waals surface area contributed by atoms with E-state index < -0.39 is 12.1 Å². The predicted molar refractivity (Wildman–Crippen MR) is 223 cm³/mol. The lowest BCUT2D eigenvalue weighted by molar-refractivity contribution is -0.166. The Morgan fingerprint density at radius 2 is 0.887 bits per heavy atom. The second kappa shape index (κ2) is 40.8. The van der Waals surface area contributed by atoms with Crippen LogP contribution in [-0.4, -0.2) is 37.2 Å². The highest BCUT2D eigenvalue weighted by molar-refractivity contribution is 5.72. The minimum absolute atomic E-state index is 0.120. The van der Waals surface area contributed by atoms with Crippen molar-refractivity contribution in [1.29, 1.82) is 0 Å². The van der Waals surface area contributed by atoms with Gasteiger partial charge in [-0.1, -0.05) is 169 Å². The molecular weight excluding hydrogens is 661 g/mol. The molecule has 0 aromatic carbocycles. The molecule has 0 aromatic rings. The molecule has 0 bridgehead atoms. The Kier molecular flexibility index (Phi) is 37.8. The molecule has 0 radical (unpaired) electrons. The number of hydrogen-bond acceptors (Lipinski definition) is 6. The first-order valence-electron chi connectivity index (χ1n) is 20.5. The van der Waals surface area contributed by atoms with E-state index in [1.807, 2.05) is 30.4 Å². The van der Waals surface area contributed by atoms with Crippen LogP contribution < -0.4 is 0 Å². The SMILES string of the molecule is CC\C=C/C=C\C=C/C=C\CCCCCCCC(=O)OCC(COC(=O)C/C=C\C/C=C\C/C=C\CC)OC(=O)CCCCC/C=C\C=C/CCCC. The molecule has 6 heteroatoms. The van der Waals surface area contributed by atoms with Crippen LogP contribution in [0.2, 0.25) is 0 Å². The van der Waals surface area contributed by atoms with Crippen LogP contribution in [-0.2, 0) is 28.6 Å². The number of unbranched alkanes of at least 4 members (excludes halogenated alkanes) is 10. The fraction of sp³-hybridized carbons (Fsp3) is 0.553. The van der Waals surface area contributed by atoms with Crippen LogP contribution in [0.25, 0.3) is 0 Å². The molecule has 0 aliphatic rings. The van der Waals surface area contributed by atoms with E-state index in [1.54, 1.807) is 6.08 Å². The Labute approximate surface area is 323 Å². The van der Waals surface area contributed by atoms with Crippen molar-refractivity contribution < 1.29 is 28.6 Å². The maximum Gasteiger partial charge on any atom is 0.309 e. The van der Waals surface area contributed by atoms with E-state index in [-0.39, 0.29) is 38.0 Å². The van der Waals surface area contributed by atoms with Gasteiger partial charge >= 0.3 is 17.9 Å². The third-order valence-corrected chi connectivity index (χ3v) is 7.90. The van der Waals surface area contributed by atoms with Crippen LogP contribution in [0.3, 0.4) is 0 Å². The van der Waals surface area contributed by atoms with Crippen molar-refractivity contribution in [2.24, 2.45) is 0 Å². The molecule has 1 atom stereocenters. The summed E-state index contributed by atoms with van der Waals surface area (Å²) in [5, 5.41) is 0. The summed E-state index contributed by atoms with van der Waals surface area (Å²) in [4.78, 5) is 37.5. The van der Waals surface area contributed by atoms with E-state index in [0.29, 0.717) is 12.8 Å². The molecule has 0 saturated heterocycles. The largest absolute Gasteiger partial charge is 0.462 e. The summed E-state index contributed by atoms with van der Waals surface area (Å²) in [7, 11) is 0. The number of hydrogen-bond donors (Lipinski definition) is 0. The highest BCUT2D eigenvalue weighted by Gasteiger charge is 2.19. The average molecular weight is 733 g/mol. The minimum atomic E-state index is -0.835. The second-order valence-corrected chi connectivity index (χ2v) is 12.9. The van der Waals surface area contributed by atoms with Crippen molar-refractivity contribution in [2.75, 3.05) is 13.2 Å². The molecule has 0 aliphatic heterocycles. The molecule has 0 rings (SSSR count). The lowest BCUT2D eigenvalue weighted by Crippen LogP contribution is -2.30. The van der Waals surface area contributed by atoms with E-state index in [4.69, 9.17) is 14.2 Å². The quantitative estimate of drug-likeness (QED) is 0.0215. The number of esters is 3. The molecule has 0 heterocycles. The van der Waals surface area contributed by atoms with Gasteiger partial charge in [0.15, 0.2) is 6.10 Å². The summed E-state index contributed by atoms with van der Waals surface area (Å²) in [5.41, 5.74) is 0. The van der Waals surface area contributed by atoms with Gasteiger partial charge in [-0.05, 0) is 70.6 Å². The van der Waals surface area contributed by atoms with Crippen molar-refractivity contribution >= 4 is 17.9 Å². The molecule has 0 N–H and O–H groups in total. The lowest BCUT2D eigenvalue weighted by Gasteiger charge is -2.18. The summed E-state index contributed by atoms with van der Waals surface area (Å²) >= 11 is 0. The topological polar surface area (TPSA) is 78.9 Å². The number of ether oxygens (including phenoxy) is 3. The third-order valence-electron chi connectivity index (χ3n) is 7.90. The third kappa shape index (κ3) is 39.1. The number of allylic oxidation sites excluding steroid dienone is 17. The van der Waals surface area contributed by atoms with Gasteiger partial charge in [-0.3, -0.25) is 14.4 Å². The molecule has 1 unspecified atom stereocenters. The molecule has 53 heavy (non-hydrogen) atoms. The second-order valence-electron chi connectivity index (χ2n) is 12.9. The molecule has 0 spiro atoms. The van der Waals surface area contributed by atoms with Crippen LogP contribution in [0.4, 0.5) is 0 Å². The maximum absolute atomic E-state index is 12.6. The van der Waals surface area contributed by atoms with Crippen molar-refractivity contribution in [1.82, 2.24) is 0 Å². The smallest absolute Gasteiger partial charge is 0.309 e. The van der Waals surface area contributed by atoms with Crippen LogP contribution in [0.15, 0.2) is 109 Å².